The van der Waals surface area contributed by atoms with Crippen molar-refractivity contribution in [3.8, 4) is 0 Å². The molecule has 0 aromatic carbocycles. The highest BCUT2D eigenvalue weighted by atomic mass is 16.3. The molecule has 1 unspecified atom stereocenters. The van der Waals surface area contributed by atoms with Crippen molar-refractivity contribution < 1.29 is 10.2 Å². The summed E-state index contributed by atoms with van der Waals surface area (Å²) in [5, 5.41) is 18.9. The molecule has 130 valence electrons. The SMILES string of the molecule is CCCCCC(C)C(C)(C)O.CCCCCCC(C)(C)O. The van der Waals surface area contributed by atoms with Crippen LogP contribution in [0.2, 0.25) is 0 Å². The highest BCUT2D eigenvalue weighted by Crippen LogP contribution is 2.21. The van der Waals surface area contributed by atoms with Crippen LogP contribution in [-0.4, -0.2) is 21.4 Å². The Morgan fingerprint density at radius 2 is 1.24 bits per heavy atom. The van der Waals surface area contributed by atoms with E-state index < -0.39 is 11.2 Å². The fourth-order valence-corrected chi connectivity index (χ4v) is 2.04. The van der Waals surface area contributed by atoms with Gasteiger partial charge in [-0.1, -0.05) is 65.7 Å². The zero-order chi connectivity index (χ0) is 16.9. The molecule has 0 amide bonds. The maximum atomic E-state index is 9.59. The summed E-state index contributed by atoms with van der Waals surface area (Å²) in [5.74, 6) is 0.425. The van der Waals surface area contributed by atoms with E-state index in [1.807, 2.05) is 27.7 Å². The molecule has 0 heterocycles. The highest BCUT2D eigenvalue weighted by Gasteiger charge is 2.20. The fourth-order valence-electron chi connectivity index (χ4n) is 2.04. The number of hydrogen-bond donors (Lipinski definition) is 2. The lowest BCUT2D eigenvalue weighted by molar-refractivity contribution is 0.0204. The first-order chi connectivity index (χ1) is 9.54. The van der Waals surface area contributed by atoms with E-state index in [9.17, 15) is 10.2 Å². The van der Waals surface area contributed by atoms with Gasteiger partial charge in [-0.15, -0.1) is 0 Å². The minimum Gasteiger partial charge on any atom is -0.390 e. The van der Waals surface area contributed by atoms with Crippen LogP contribution in [0.1, 0.15) is 106 Å². The number of unbranched alkanes of at least 4 members (excludes halogenated alkanes) is 5. The summed E-state index contributed by atoms with van der Waals surface area (Å²) in [6.45, 7) is 14.1. The van der Waals surface area contributed by atoms with Gasteiger partial charge in [0, 0.05) is 0 Å². The van der Waals surface area contributed by atoms with Crippen LogP contribution in [0.3, 0.4) is 0 Å². The molecule has 2 N–H and O–H groups in total. The van der Waals surface area contributed by atoms with Gasteiger partial charge < -0.3 is 10.2 Å². The third kappa shape index (κ3) is 19.9. The van der Waals surface area contributed by atoms with E-state index in [-0.39, 0.29) is 0 Å². The van der Waals surface area contributed by atoms with Crippen LogP contribution in [-0.2, 0) is 0 Å². The van der Waals surface area contributed by atoms with Crippen LogP contribution in [0.4, 0.5) is 0 Å². The van der Waals surface area contributed by atoms with E-state index in [4.69, 9.17) is 0 Å². The maximum Gasteiger partial charge on any atom is 0.0617 e. The zero-order valence-electron chi connectivity index (χ0n) is 15.8. The maximum absolute atomic E-state index is 9.59. The van der Waals surface area contributed by atoms with Gasteiger partial charge in [0.2, 0.25) is 0 Å². The van der Waals surface area contributed by atoms with E-state index in [1.54, 1.807) is 0 Å². The van der Waals surface area contributed by atoms with Gasteiger partial charge >= 0.3 is 0 Å². The molecule has 0 aliphatic heterocycles. The van der Waals surface area contributed by atoms with Gasteiger partial charge in [0.25, 0.3) is 0 Å². The molecule has 0 fully saturated rings. The monoisotopic (exact) mass is 302 g/mol. The van der Waals surface area contributed by atoms with Crippen LogP contribution >= 0.6 is 0 Å². The van der Waals surface area contributed by atoms with Crippen molar-refractivity contribution in [2.24, 2.45) is 5.92 Å². The smallest absolute Gasteiger partial charge is 0.0617 e. The lowest BCUT2D eigenvalue weighted by Gasteiger charge is -2.25. The van der Waals surface area contributed by atoms with Crippen LogP contribution < -0.4 is 0 Å². The molecule has 0 radical (unpaired) electrons. The van der Waals surface area contributed by atoms with Gasteiger partial charge in [0.1, 0.15) is 0 Å². The largest absolute Gasteiger partial charge is 0.390 e. The third-order valence-electron chi connectivity index (χ3n) is 4.09. The number of hydrogen-bond acceptors (Lipinski definition) is 2. The van der Waals surface area contributed by atoms with Gasteiger partial charge in [0.05, 0.1) is 11.2 Å². The predicted octanol–water partition coefficient (Wildman–Crippen LogP) is 5.70. The Morgan fingerprint density at radius 3 is 1.62 bits per heavy atom. The summed E-state index contributed by atoms with van der Waals surface area (Å²) in [6, 6.07) is 0. The highest BCUT2D eigenvalue weighted by molar-refractivity contribution is 4.72. The molecule has 0 rings (SSSR count). The molecule has 0 aromatic heterocycles. The molecule has 0 saturated heterocycles. The lowest BCUT2D eigenvalue weighted by Crippen LogP contribution is -2.28. The first-order valence-corrected chi connectivity index (χ1v) is 8.99. The molecule has 2 heteroatoms. The molecule has 0 saturated carbocycles. The Bertz CT molecular complexity index is 211. The Hall–Kier alpha value is -0.0800. The Kier molecular flexibility index (Phi) is 13.8. The van der Waals surface area contributed by atoms with E-state index in [1.165, 1.54) is 38.5 Å². The summed E-state index contributed by atoms with van der Waals surface area (Å²) in [7, 11) is 0. The average molecular weight is 303 g/mol. The van der Waals surface area contributed by atoms with E-state index in [0.29, 0.717) is 5.92 Å². The van der Waals surface area contributed by atoms with Crippen LogP contribution in [0.5, 0.6) is 0 Å². The second kappa shape index (κ2) is 12.5. The zero-order valence-corrected chi connectivity index (χ0v) is 15.8. The lowest BCUT2D eigenvalue weighted by atomic mass is 9.88. The Balaban J connectivity index is 0. The van der Waals surface area contributed by atoms with Crippen molar-refractivity contribution in [2.45, 2.75) is 117 Å². The normalized spacial score (nSPS) is 13.6. The molecule has 0 aliphatic rings. The molecule has 0 aliphatic carbocycles. The van der Waals surface area contributed by atoms with Crippen molar-refractivity contribution in [2.75, 3.05) is 0 Å². The first-order valence-electron chi connectivity index (χ1n) is 8.99. The first kappa shape index (κ1) is 23.2. The average Bonchev–Trinajstić information content (AvgIpc) is 2.33. The van der Waals surface area contributed by atoms with Gasteiger partial charge in [0.15, 0.2) is 0 Å². The van der Waals surface area contributed by atoms with Crippen molar-refractivity contribution in [3.63, 3.8) is 0 Å². The summed E-state index contributed by atoms with van der Waals surface area (Å²) in [4.78, 5) is 0. The standard InChI is InChI=1S/C10H22O.C9H20O/c1-5-6-7-8-9(2)10(3,4)11;1-4-5-6-7-8-9(2,3)10/h9,11H,5-8H2,1-4H3;10H,4-8H2,1-3H3. The van der Waals surface area contributed by atoms with E-state index in [0.717, 1.165) is 19.3 Å². The minimum absolute atomic E-state index is 0.425. The molecular formula is C19H42O2. The molecule has 0 aromatic rings. The predicted molar refractivity (Wildman–Crippen MR) is 94.7 cm³/mol. The Labute approximate surface area is 134 Å². The van der Waals surface area contributed by atoms with Crippen LogP contribution in [0.15, 0.2) is 0 Å². The van der Waals surface area contributed by atoms with E-state index >= 15 is 0 Å². The van der Waals surface area contributed by atoms with Crippen LogP contribution in [0, 0.1) is 5.92 Å². The second-order valence-corrected chi connectivity index (χ2v) is 7.67. The topological polar surface area (TPSA) is 40.5 Å². The summed E-state index contributed by atoms with van der Waals surface area (Å²) in [6.07, 6.45) is 10.9. The molecule has 2 nitrogen and oxygen atoms in total. The number of rotatable bonds is 10. The van der Waals surface area contributed by atoms with E-state index in [2.05, 4.69) is 20.8 Å². The second-order valence-electron chi connectivity index (χ2n) is 7.67. The van der Waals surface area contributed by atoms with Crippen molar-refractivity contribution in [1.29, 1.82) is 0 Å². The fraction of sp³-hybridized carbons (Fsp3) is 1.00. The van der Waals surface area contributed by atoms with Crippen LogP contribution in [0.25, 0.3) is 0 Å². The number of aliphatic hydroxyl groups is 2. The summed E-state index contributed by atoms with van der Waals surface area (Å²) < 4.78 is 0. The van der Waals surface area contributed by atoms with Gasteiger partial charge in [-0.2, -0.15) is 0 Å². The molecule has 0 spiro atoms. The summed E-state index contributed by atoms with van der Waals surface area (Å²) >= 11 is 0. The van der Waals surface area contributed by atoms with Crippen molar-refractivity contribution in [1.82, 2.24) is 0 Å². The molecule has 0 bridgehead atoms. The molecule has 1 atom stereocenters. The minimum atomic E-state index is -0.492. The molecule has 21 heavy (non-hydrogen) atoms. The third-order valence-corrected chi connectivity index (χ3v) is 4.09. The van der Waals surface area contributed by atoms with Crippen molar-refractivity contribution in [3.05, 3.63) is 0 Å². The Morgan fingerprint density at radius 1 is 0.762 bits per heavy atom. The van der Waals surface area contributed by atoms with Gasteiger partial charge in [-0.05, 0) is 46.5 Å². The van der Waals surface area contributed by atoms with Gasteiger partial charge in [-0.25, -0.2) is 0 Å². The van der Waals surface area contributed by atoms with Crippen molar-refractivity contribution >= 4 is 0 Å². The quantitative estimate of drug-likeness (QED) is 0.508. The van der Waals surface area contributed by atoms with Gasteiger partial charge in [-0.3, -0.25) is 0 Å². The molecular weight excluding hydrogens is 260 g/mol. The summed E-state index contributed by atoms with van der Waals surface area (Å²) in [5.41, 5.74) is -0.943.